The molecule has 0 amide bonds. The van der Waals surface area contributed by atoms with Crippen molar-refractivity contribution >= 4 is 39.7 Å². The fraction of sp³-hybridized carbons (Fsp3) is 0.0455. The maximum Gasteiger partial charge on any atom is 0.349 e. The Kier molecular flexibility index (Phi) is 6.22. The Morgan fingerprint density at radius 1 is 1.03 bits per heavy atom. The second-order valence-electron chi connectivity index (χ2n) is 6.10. The molecular weight excluding hydrogens is 422 g/mol. The number of aromatic nitrogens is 2. The van der Waals surface area contributed by atoms with Gasteiger partial charge in [-0.25, -0.2) is 9.78 Å². The molecule has 30 heavy (non-hydrogen) atoms. The highest BCUT2D eigenvalue weighted by Gasteiger charge is 2.10. The van der Waals surface area contributed by atoms with Crippen molar-refractivity contribution < 1.29 is 14.3 Å². The molecule has 0 fully saturated rings. The van der Waals surface area contributed by atoms with Gasteiger partial charge >= 0.3 is 5.97 Å². The van der Waals surface area contributed by atoms with Gasteiger partial charge in [-0.2, -0.15) is 0 Å². The Morgan fingerprint density at radius 3 is 2.73 bits per heavy atom. The number of thiazole rings is 1. The van der Waals surface area contributed by atoms with Crippen molar-refractivity contribution in [3.05, 3.63) is 83.3 Å². The number of carbonyl (C=O) groups is 1. The number of carbonyl (C=O) groups excluding carboxylic acids is 1. The molecule has 2 aromatic heterocycles. The third kappa shape index (κ3) is 5.14. The van der Waals surface area contributed by atoms with Gasteiger partial charge in [0, 0.05) is 23.3 Å². The van der Waals surface area contributed by atoms with Gasteiger partial charge in [0.15, 0.2) is 11.7 Å². The van der Waals surface area contributed by atoms with Gasteiger partial charge in [-0.1, -0.05) is 35.9 Å². The minimum absolute atomic E-state index is 0.249. The average molecular weight is 438 g/mol. The van der Waals surface area contributed by atoms with Crippen molar-refractivity contribution in [3.8, 4) is 22.9 Å². The van der Waals surface area contributed by atoms with Crippen molar-refractivity contribution in [3.63, 3.8) is 0 Å². The van der Waals surface area contributed by atoms with Crippen LogP contribution in [0.4, 0.5) is 10.8 Å². The molecule has 0 radical (unpaired) electrons. The van der Waals surface area contributed by atoms with Gasteiger partial charge in [0.2, 0.25) is 0 Å². The highest BCUT2D eigenvalue weighted by atomic mass is 35.5. The summed E-state index contributed by atoms with van der Waals surface area (Å²) in [5, 5.41) is 6.29. The topological polar surface area (TPSA) is 73.3 Å². The van der Waals surface area contributed by atoms with Crippen LogP contribution in [0.5, 0.6) is 11.5 Å². The molecule has 4 rings (SSSR count). The second kappa shape index (κ2) is 9.39. The highest BCUT2D eigenvalue weighted by Crippen LogP contribution is 2.27. The van der Waals surface area contributed by atoms with Gasteiger partial charge in [0.1, 0.15) is 17.2 Å². The summed E-state index contributed by atoms with van der Waals surface area (Å²) < 4.78 is 10.8. The van der Waals surface area contributed by atoms with Crippen LogP contribution in [0.3, 0.4) is 0 Å². The van der Waals surface area contributed by atoms with Crippen LogP contribution in [0.25, 0.3) is 11.4 Å². The lowest BCUT2D eigenvalue weighted by Crippen LogP contribution is -2.17. The van der Waals surface area contributed by atoms with E-state index in [9.17, 15) is 4.79 Å². The van der Waals surface area contributed by atoms with E-state index in [2.05, 4.69) is 15.3 Å². The number of hydrogen-bond donors (Lipinski definition) is 1. The normalized spacial score (nSPS) is 10.4. The largest absolute Gasteiger partial charge is 0.480 e. The van der Waals surface area contributed by atoms with Crippen molar-refractivity contribution in [2.45, 2.75) is 0 Å². The molecular formula is C22H16ClN3O3S. The molecule has 2 heterocycles. The standard InChI is InChI=1S/C22H16ClN3O3S/c23-17-8-1-2-10-20(17)28-13-21(27)29-16-7-5-6-15(12-16)25-22-26-19(14-30-22)18-9-3-4-11-24-18/h1-12,14H,13H2,(H,25,26). The smallest absolute Gasteiger partial charge is 0.349 e. The summed E-state index contributed by atoms with van der Waals surface area (Å²) >= 11 is 7.48. The Bertz CT molecular complexity index is 1150. The first kappa shape index (κ1) is 19.9. The van der Waals surface area contributed by atoms with E-state index in [-0.39, 0.29) is 6.61 Å². The quantitative estimate of drug-likeness (QED) is 0.300. The lowest BCUT2D eigenvalue weighted by molar-refractivity contribution is -0.136. The number of hydrogen-bond acceptors (Lipinski definition) is 7. The molecule has 0 bridgehead atoms. The first-order valence-electron chi connectivity index (χ1n) is 8.99. The van der Waals surface area contributed by atoms with E-state index in [4.69, 9.17) is 21.1 Å². The molecule has 0 saturated carbocycles. The van der Waals surface area contributed by atoms with Crippen LogP contribution in [0.15, 0.2) is 78.3 Å². The SMILES string of the molecule is O=C(COc1ccccc1Cl)Oc1cccc(Nc2nc(-c3ccccn3)cs2)c1. The number of para-hydroxylation sites is 1. The van der Waals surface area contributed by atoms with E-state index >= 15 is 0 Å². The Hall–Kier alpha value is -3.42. The summed E-state index contributed by atoms with van der Waals surface area (Å²) in [4.78, 5) is 20.9. The highest BCUT2D eigenvalue weighted by molar-refractivity contribution is 7.14. The zero-order chi connectivity index (χ0) is 20.8. The second-order valence-corrected chi connectivity index (χ2v) is 7.36. The van der Waals surface area contributed by atoms with Crippen LogP contribution in [0.1, 0.15) is 0 Å². The summed E-state index contributed by atoms with van der Waals surface area (Å²) in [6.45, 7) is -0.249. The Labute approximate surface area is 182 Å². The van der Waals surface area contributed by atoms with Gasteiger partial charge in [0.25, 0.3) is 0 Å². The predicted octanol–water partition coefficient (Wildman–Crippen LogP) is 5.59. The van der Waals surface area contributed by atoms with Crippen LogP contribution in [-0.4, -0.2) is 22.5 Å². The Morgan fingerprint density at radius 2 is 1.90 bits per heavy atom. The fourth-order valence-corrected chi connectivity index (χ4v) is 3.50. The summed E-state index contributed by atoms with van der Waals surface area (Å²) in [5.74, 6) is 0.298. The molecule has 0 aliphatic rings. The van der Waals surface area contributed by atoms with Crippen molar-refractivity contribution in [2.75, 3.05) is 11.9 Å². The molecule has 0 unspecified atom stereocenters. The first-order chi connectivity index (χ1) is 14.7. The molecule has 0 spiro atoms. The zero-order valence-corrected chi connectivity index (χ0v) is 17.2. The van der Waals surface area contributed by atoms with Crippen LogP contribution in [0.2, 0.25) is 5.02 Å². The number of esters is 1. The summed E-state index contributed by atoms with van der Waals surface area (Å²) in [6.07, 6.45) is 1.73. The zero-order valence-electron chi connectivity index (χ0n) is 15.6. The van der Waals surface area contributed by atoms with Crippen LogP contribution < -0.4 is 14.8 Å². The number of ether oxygens (including phenoxy) is 2. The monoisotopic (exact) mass is 437 g/mol. The molecule has 2 aromatic carbocycles. The van der Waals surface area contributed by atoms with Crippen LogP contribution in [-0.2, 0) is 4.79 Å². The molecule has 4 aromatic rings. The van der Waals surface area contributed by atoms with E-state index in [0.29, 0.717) is 21.7 Å². The van der Waals surface area contributed by atoms with Crippen molar-refractivity contribution in [1.82, 2.24) is 9.97 Å². The number of rotatable bonds is 7. The third-order valence-electron chi connectivity index (χ3n) is 3.93. The molecule has 0 aliphatic heterocycles. The number of nitrogens with one attached hydrogen (secondary N) is 1. The molecule has 150 valence electrons. The molecule has 8 heteroatoms. The number of nitrogens with zero attached hydrogens (tertiary/aromatic N) is 2. The lowest BCUT2D eigenvalue weighted by Gasteiger charge is -2.09. The number of halogens is 1. The van der Waals surface area contributed by atoms with Crippen molar-refractivity contribution in [1.29, 1.82) is 0 Å². The minimum atomic E-state index is -0.529. The maximum absolute atomic E-state index is 12.1. The molecule has 0 aliphatic carbocycles. The third-order valence-corrected chi connectivity index (χ3v) is 5.00. The lowest BCUT2D eigenvalue weighted by atomic mass is 10.3. The van der Waals surface area contributed by atoms with E-state index in [0.717, 1.165) is 17.1 Å². The summed E-state index contributed by atoms with van der Waals surface area (Å²) in [6, 6.07) is 19.7. The maximum atomic E-state index is 12.1. The van der Waals surface area contributed by atoms with Crippen molar-refractivity contribution in [2.24, 2.45) is 0 Å². The number of pyridine rings is 1. The molecule has 6 nitrogen and oxygen atoms in total. The van der Waals surface area contributed by atoms with Gasteiger partial charge in [-0.05, 0) is 36.4 Å². The summed E-state index contributed by atoms with van der Waals surface area (Å²) in [7, 11) is 0. The van der Waals surface area contributed by atoms with E-state index in [1.54, 1.807) is 48.7 Å². The van der Waals surface area contributed by atoms with E-state index in [1.807, 2.05) is 29.6 Å². The van der Waals surface area contributed by atoms with Crippen LogP contribution in [0, 0.1) is 0 Å². The van der Waals surface area contributed by atoms with Gasteiger partial charge < -0.3 is 14.8 Å². The first-order valence-corrected chi connectivity index (χ1v) is 10.3. The average Bonchev–Trinajstić information content (AvgIpc) is 3.22. The predicted molar refractivity (Wildman–Crippen MR) is 118 cm³/mol. The van der Waals surface area contributed by atoms with Gasteiger partial charge in [-0.3, -0.25) is 4.98 Å². The van der Waals surface area contributed by atoms with Gasteiger partial charge in [0.05, 0.1) is 10.7 Å². The Balaban J connectivity index is 1.36. The minimum Gasteiger partial charge on any atom is -0.480 e. The fourth-order valence-electron chi connectivity index (χ4n) is 2.58. The van der Waals surface area contributed by atoms with Gasteiger partial charge in [-0.15, -0.1) is 11.3 Å². The van der Waals surface area contributed by atoms with E-state index < -0.39 is 5.97 Å². The number of benzene rings is 2. The molecule has 0 saturated heterocycles. The molecule has 0 atom stereocenters. The molecule has 1 N–H and O–H groups in total. The summed E-state index contributed by atoms with van der Waals surface area (Å²) in [5.41, 5.74) is 2.35. The van der Waals surface area contributed by atoms with Crippen LogP contribution >= 0.6 is 22.9 Å². The number of anilines is 2. The van der Waals surface area contributed by atoms with E-state index in [1.165, 1.54) is 11.3 Å².